The second-order valence-electron chi connectivity index (χ2n) is 11.8. The topological polar surface area (TPSA) is 80.7 Å². The van der Waals surface area contributed by atoms with Crippen LogP contribution in [0.1, 0.15) is 59.9 Å². The number of fused-ring (bicyclic) bond motifs is 1. The maximum absolute atomic E-state index is 12.0. The van der Waals surface area contributed by atoms with E-state index < -0.39 is 14.4 Å². The number of benzene rings is 1. The van der Waals surface area contributed by atoms with Crippen LogP contribution in [0, 0.1) is 5.92 Å². The number of ether oxygens (including phenoxy) is 3. The summed E-state index contributed by atoms with van der Waals surface area (Å²) in [6, 6.07) is 6.21. The van der Waals surface area contributed by atoms with Gasteiger partial charge in [0.05, 0.1) is 31.5 Å². The average Bonchev–Trinajstić information content (AvgIpc) is 2.87. The van der Waals surface area contributed by atoms with Crippen LogP contribution in [0.2, 0.25) is 16.6 Å². The number of anilines is 1. The Balaban J connectivity index is 1.66. The first-order chi connectivity index (χ1) is 18.1. The molecule has 2 aliphatic heterocycles. The van der Waals surface area contributed by atoms with Gasteiger partial charge in [-0.05, 0) is 47.2 Å². The van der Waals surface area contributed by atoms with E-state index in [-0.39, 0.29) is 12.0 Å². The van der Waals surface area contributed by atoms with Crippen LogP contribution < -0.4 is 9.64 Å². The highest BCUT2D eigenvalue weighted by molar-refractivity contribution is 6.77. The first-order valence-electron chi connectivity index (χ1n) is 14.3. The highest BCUT2D eigenvalue weighted by atomic mass is 28.4. The Morgan fingerprint density at radius 2 is 1.84 bits per heavy atom. The van der Waals surface area contributed by atoms with Gasteiger partial charge >= 0.3 is 6.09 Å². The van der Waals surface area contributed by atoms with Crippen molar-refractivity contribution in [3.8, 4) is 5.75 Å². The monoisotopic (exact) mass is 550 g/mol. The molecule has 9 heteroatoms. The fourth-order valence-electron chi connectivity index (χ4n) is 6.57. The number of rotatable bonds is 13. The summed E-state index contributed by atoms with van der Waals surface area (Å²) >= 11 is 0. The van der Waals surface area contributed by atoms with E-state index in [2.05, 4.69) is 52.5 Å². The zero-order valence-corrected chi connectivity index (χ0v) is 25.6. The normalized spacial score (nSPS) is 20.3. The molecule has 0 bridgehead atoms. The second kappa shape index (κ2) is 14.0. The summed E-state index contributed by atoms with van der Waals surface area (Å²) in [6.45, 7) is 18.8. The minimum atomic E-state index is -2.02. The number of nitrogens with zero attached hydrogens (tertiary/aromatic N) is 2. The molecule has 0 aromatic heterocycles. The van der Waals surface area contributed by atoms with Gasteiger partial charge in [0.25, 0.3) is 0 Å². The predicted octanol–water partition coefficient (Wildman–Crippen LogP) is 6.00. The van der Waals surface area contributed by atoms with E-state index in [1.807, 2.05) is 12.1 Å². The van der Waals surface area contributed by atoms with Crippen LogP contribution in [-0.2, 0) is 20.5 Å². The molecule has 0 aliphatic carbocycles. The number of piperidine rings is 1. The predicted molar refractivity (Wildman–Crippen MR) is 154 cm³/mol. The van der Waals surface area contributed by atoms with E-state index in [1.165, 1.54) is 4.90 Å². The van der Waals surface area contributed by atoms with Crippen molar-refractivity contribution in [2.24, 2.45) is 5.92 Å². The molecule has 1 aromatic carbocycles. The SMILES string of the molecule is COCCCN1CCOc2ccc(COC3CC(CO[Si](C(C)C)(C(C)C)C(C)C)CN(C(=O)O)C3)cc21. The molecule has 1 amide bonds. The van der Waals surface area contributed by atoms with Gasteiger partial charge in [0, 0.05) is 39.3 Å². The summed E-state index contributed by atoms with van der Waals surface area (Å²) in [5, 5.41) is 9.81. The fourth-order valence-corrected chi connectivity index (χ4v) is 12.1. The molecule has 1 saturated heterocycles. The molecule has 1 N–H and O–H groups in total. The van der Waals surface area contributed by atoms with E-state index in [0.717, 1.165) is 49.5 Å². The number of methoxy groups -OCH3 is 1. The van der Waals surface area contributed by atoms with Crippen molar-refractivity contribution < 1.29 is 28.5 Å². The molecule has 38 heavy (non-hydrogen) atoms. The largest absolute Gasteiger partial charge is 0.490 e. The van der Waals surface area contributed by atoms with Crippen LogP contribution in [-0.4, -0.2) is 83.6 Å². The van der Waals surface area contributed by atoms with Crippen molar-refractivity contribution in [2.45, 2.75) is 83.7 Å². The summed E-state index contributed by atoms with van der Waals surface area (Å²) in [5.74, 6) is 1.03. The number of hydrogen-bond donors (Lipinski definition) is 1. The lowest BCUT2D eigenvalue weighted by Crippen LogP contribution is -2.52. The molecule has 0 spiro atoms. The molecule has 0 radical (unpaired) electrons. The van der Waals surface area contributed by atoms with E-state index >= 15 is 0 Å². The third-order valence-corrected chi connectivity index (χ3v) is 14.4. The third kappa shape index (κ3) is 7.43. The zero-order valence-electron chi connectivity index (χ0n) is 24.6. The molecule has 3 rings (SSSR count). The minimum Gasteiger partial charge on any atom is -0.490 e. The van der Waals surface area contributed by atoms with Gasteiger partial charge in [-0.2, -0.15) is 0 Å². The standard InChI is InChI=1S/C29H50N2O6Si/c1-21(2)38(22(3)4,23(5)6)37-20-25-15-26(18-31(17-25)29(32)33)36-19-24-9-10-28-27(16-24)30(12-14-35-28)11-8-13-34-7/h9-10,16,21-23,25-26H,8,11-15,17-20H2,1-7H3,(H,32,33). The molecule has 1 fully saturated rings. The Labute approximate surface area is 230 Å². The van der Waals surface area contributed by atoms with Gasteiger partial charge in [-0.25, -0.2) is 4.79 Å². The zero-order chi connectivity index (χ0) is 27.9. The van der Waals surface area contributed by atoms with E-state index in [9.17, 15) is 9.90 Å². The average molecular weight is 551 g/mol. The lowest BCUT2D eigenvalue weighted by molar-refractivity contribution is -0.0309. The highest BCUT2D eigenvalue weighted by Crippen LogP contribution is 2.43. The van der Waals surface area contributed by atoms with Gasteiger partial charge in [0.15, 0.2) is 8.32 Å². The van der Waals surface area contributed by atoms with Crippen LogP contribution in [0.25, 0.3) is 0 Å². The fraction of sp³-hybridized carbons (Fsp3) is 0.759. The van der Waals surface area contributed by atoms with E-state index in [0.29, 0.717) is 49.5 Å². The van der Waals surface area contributed by atoms with Crippen LogP contribution >= 0.6 is 0 Å². The van der Waals surface area contributed by atoms with Gasteiger partial charge < -0.3 is 33.5 Å². The lowest BCUT2D eigenvalue weighted by atomic mass is 9.97. The molecule has 2 heterocycles. The van der Waals surface area contributed by atoms with Crippen molar-refractivity contribution in [3.63, 3.8) is 0 Å². The van der Waals surface area contributed by atoms with Gasteiger partial charge in [-0.1, -0.05) is 47.6 Å². The molecule has 1 aromatic rings. The minimum absolute atomic E-state index is 0.126. The first kappa shape index (κ1) is 30.7. The maximum atomic E-state index is 12.0. The highest BCUT2D eigenvalue weighted by Gasteiger charge is 2.45. The van der Waals surface area contributed by atoms with Gasteiger partial charge in [0.1, 0.15) is 12.4 Å². The molecule has 216 valence electrons. The summed E-state index contributed by atoms with van der Waals surface area (Å²) in [6.07, 6.45) is 0.717. The Kier molecular flexibility index (Phi) is 11.3. The van der Waals surface area contributed by atoms with Crippen molar-refractivity contribution in [1.29, 1.82) is 0 Å². The van der Waals surface area contributed by atoms with Crippen LogP contribution in [0.3, 0.4) is 0 Å². The van der Waals surface area contributed by atoms with Crippen molar-refractivity contribution in [1.82, 2.24) is 4.90 Å². The lowest BCUT2D eigenvalue weighted by Gasteiger charge is -2.44. The Hall–Kier alpha value is -1.81. The molecule has 2 unspecified atom stereocenters. The first-order valence-corrected chi connectivity index (χ1v) is 16.5. The maximum Gasteiger partial charge on any atom is 0.407 e. The molecule has 2 atom stereocenters. The van der Waals surface area contributed by atoms with Crippen molar-refractivity contribution in [2.75, 3.05) is 58.0 Å². The molecular weight excluding hydrogens is 500 g/mol. The molecule has 2 aliphatic rings. The van der Waals surface area contributed by atoms with E-state index in [4.69, 9.17) is 18.6 Å². The number of carboxylic acid groups (broad SMARTS) is 1. The van der Waals surface area contributed by atoms with Gasteiger partial charge in [0.2, 0.25) is 0 Å². The number of amides is 1. The third-order valence-electron chi connectivity index (χ3n) is 8.29. The van der Waals surface area contributed by atoms with Crippen molar-refractivity contribution >= 4 is 20.1 Å². The summed E-state index contributed by atoms with van der Waals surface area (Å²) in [5.41, 5.74) is 3.65. The summed E-state index contributed by atoms with van der Waals surface area (Å²) < 4.78 is 24.3. The van der Waals surface area contributed by atoms with Crippen LogP contribution in [0.4, 0.5) is 10.5 Å². The van der Waals surface area contributed by atoms with Crippen LogP contribution in [0.15, 0.2) is 18.2 Å². The number of likely N-dealkylation sites (tertiary alicyclic amines) is 1. The molecular formula is C29H50N2O6Si. The number of hydrogen-bond acceptors (Lipinski definition) is 6. The number of carbonyl (C=O) groups is 1. The molecule has 8 nitrogen and oxygen atoms in total. The Morgan fingerprint density at radius 3 is 2.47 bits per heavy atom. The Morgan fingerprint density at radius 1 is 1.13 bits per heavy atom. The van der Waals surface area contributed by atoms with Gasteiger partial charge in [-0.3, -0.25) is 0 Å². The summed E-state index contributed by atoms with van der Waals surface area (Å²) in [7, 11) is -0.289. The Bertz CT molecular complexity index is 874. The van der Waals surface area contributed by atoms with Crippen LogP contribution in [0.5, 0.6) is 5.75 Å². The smallest absolute Gasteiger partial charge is 0.407 e. The van der Waals surface area contributed by atoms with Gasteiger partial charge in [-0.15, -0.1) is 0 Å². The van der Waals surface area contributed by atoms with Crippen molar-refractivity contribution in [3.05, 3.63) is 23.8 Å². The molecule has 0 saturated carbocycles. The quantitative estimate of drug-likeness (QED) is 0.238. The second-order valence-corrected chi connectivity index (χ2v) is 17.3. The van der Waals surface area contributed by atoms with E-state index in [1.54, 1.807) is 7.11 Å². The summed E-state index contributed by atoms with van der Waals surface area (Å²) in [4.78, 5) is 15.8.